The molecule has 5 heteroatoms. The number of ether oxygens (including phenoxy) is 1. The molecule has 0 atom stereocenters. The van der Waals surface area contributed by atoms with Gasteiger partial charge in [0.1, 0.15) is 5.82 Å². The summed E-state index contributed by atoms with van der Waals surface area (Å²) in [6, 6.07) is 12.3. The van der Waals surface area contributed by atoms with E-state index >= 15 is 0 Å². The molecule has 2 aromatic carbocycles. The van der Waals surface area contributed by atoms with Gasteiger partial charge in [-0.25, -0.2) is 9.18 Å². The molecule has 0 unspecified atom stereocenters. The number of carbonyl (C=O) groups is 2. The lowest BCUT2D eigenvalue weighted by atomic mass is 9.83. The first-order chi connectivity index (χ1) is 10.8. The Morgan fingerprint density at radius 1 is 1.09 bits per heavy atom. The summed E-state index contributed by atoms with van der Waals surface area (Å²) >= 11 is 0. The highest BCUT2D eigenvalue weighted by Gasteiger charge is 2.30. The maximum atomic E-state index is 13.0. The van der Waals surface area contributed by atoms with Gasteiger partial charge in [0.15, 0.2) is 0 Å². The van der Waals surface area contributed by atoms with Gasteiger partial charge in [-0.15, -0.1) is 0 Å². The Balaban J connectivity index is 2.21. The molecule has 0 bridgehead atoms. The summed E-state index contributed by atoms with van der Waals surface area (Å²) in [6.45, 7) is 3.50. The Labute approximate surface area is 134 Å². The van der Waals surface area contributed by atoms with Crippen LogP contribution in [0.4, 0.5) is 10.1 Å². The zero-order valence-electron chi connectivity index (χ0n) is 13.2. The van der Waals surface area contributed by atoms with Crippen molar-refractivity contribution in [1.82, 2.24) is 0 Å². The molecule has 0 radical (unpaired) electrons. The third kappa shape index (κ3) is 3.74. The van der Waals surface area contributed by atoms with Gasteiger partial charge in [0.2, 0.25) is 5.91 Å². The highest BCUT2D eigenvalue weighted by atomic mass is 19.1. The van der Waals surface area contributed by atoms with Crippen LogP contribution >= 0.6 is 0 Å². The number of hydrogen-bond donors (Lipinski definition) is 1. The fourth-order valence-electron chi connectivity index (χ4n) is 2.13. The molecule has 1 N–H and O–H groups in total. The van der Waals surface area contributed by atoms with Crippen molar-refractivity contribution >= 4 is 17.6 Å². The Morgan fingerprint density at radius 2 is 1.74 bits per heavy atom. The van der Waals surface area contributed by atoms with Crippen LogP contribution in [-0.4, -0.2) is 19.0 Å². The van der Waals surface area contributed by atoms with Crippen molar-refractivity contribution in [1.29, 1.82) is 0 Å². The van der Waals surface area contributed by atoms with Crippen molar-refractivity contribution in [3.05, 3.63) is 65.5 Å². The minimum Gasteiger partial charge on any atom is -0.465 e. The topological polar surface area (TPSA) is 55.4 Å². The van der Waals surface area contributed by atoms with Gasteiger partial charge in [0.25, 0.3) is 0 Å². The van der Waals surface area contributed by atoms with Gasteiger partial charge < -0.3 is 10.1 Å². The predicted octanol–water partition coefficient (Wildman–Crippen LogP) is 3.53. The molecule has 0 aliphatic heterocycles. The molecular weight excluding hydrogens is 297 g/mol. The quantitative estimate of drug-likeness (QED) is 0.878. The second-order valence-electron chi connectivity index (χ2n) is 5.66. The number of nitrogens with one attached hydrogen (secondary N) is 1. The molecule has 0 fully saturated rings. The predicted molar refractivity (Wildman–Crippen MR) is 85.8 cm³/mol. The minimum absolute atomic E-state index is 0.258. The summed E-state index contributed by atoms with van der Waals surface area (Å²) in [4.78, 5) is 24.1. The number of rotatable bonds is 4. The van der Waals surface area contributed by atoms with E-state index in [9.17, 15) is 14.0 Å². The van der Waals surface area contributed by atoms with E-state index in [-0.39, 0.29) is 11.7 Å². The van der Waals surface area contributed by atoms with Gasteiger partial charge in [0.05, 0.1) is 18.1 Å². The van der Waals surface area contributed by atoms with Crippen molar-refractivity contribution in [2.45, 2.75) is 19.3 Å². The van der Waals surface area contributed by atoms with E-state index in [1.807, 2.05) is 0 Å². The first-order valence-electron chi connectivity index (χ1n) is 7.10. The van der Waals surface area contributed by atoms with Crippen LogP contribution < -0.4 is 5.32 Å². The van der Waals surface area contributed by atoms with E-state index in [2.05, 4.69) is 10.1 Å². The number of carbonyl (C=O) groups excluding carboxylic acids is 2. The van der Waals surface area contributed by atoms with Crippen LogP contribution in [-0.2, 0) is 14.9 Å². The van der Waals surface area contributed by atoms with Crippen LogP contribution in [0.1, 0.15) is 29.8 Å². The fraction of sp³-hybridized carbons (Fsp3) is 0.222. The van der Waals surface area contributed by atoms with Crippen molar-refractivity contribution in [2.75, 3.05) is 12.4 Å². The van der Waals surface area contributed by atoms with Crippen LogP contribution in [0.2, 0.25) is 0 Å². The Kier molecular flexibility index (Phi) is 4.79. The second-order valence-corrected chi connectivity index (χ2v) is 5.66. The van der Waals surface area contributed by atoms with Gasteiger partial charge in [-0.1, -0.05) is 18.2 Å². The highest BCUT2D eigenvalue weighted by molar-refractivity contribution is 5.99. The third-order valence-electron chi connectivity index (χ3n) is 3.68. The summed E-state index contributed by atoms with van der Waals surface area (Å²) in [6.07, 6.45) is 0. The molecule has 0 aliphatic carbocycles. The lowest BCUT2D eigenvalue weighted by Crippen LogP contribution is -2.34. The highest BCUT2D eigenvalue weighted by Crippen LogP contribution is 2.25. The number of anilines is 1. The summed E-state index contributed by atoms with van der Waals surface area (Å²) < 4.78 is 17.7. The van der Waals surface area contributed by atoms with Crippen LogP contribution in [0.25, 0.3) is 0 Å². The maximum Gasteiger partial charge on any atom is 0.337 e. The number of hydrogen-bond acceptors (Lipinski definition) is 3. The fourth-order valence-corrected chi connectivity index (χ4v) is 2.13. The smallest absolute Gasteiger partial charge is 0.337 e. The average molecular weight is 315 g/mol. The Hall–Kier alpha value is -2.69. The summed E-state index contributed by atoms with van der Waals surface area (Å²) in [5.74, 6) is -1.08. The molecule has 0 saturated carbocycles. The van der Waals surface area contributed by atoms with Gasteiger partial charge >= 0.3 is 5.97 Å². The lowest BCUT2D eigenvalue weighted by Gasteiger charge is -2.24. The molecule has 120 valence electrons. The zero-order valence-corrected chi connectivity index (χ0v) is 13.2. The summed E-state index contributed by atoms with van der Waals surface area (Å²) in [5, 5.41) is 2.77. The average Bonchev–Trinajstić information content (AvgIpc) is 2.54. The Morgan fingerprint density at radius 3 is 2.35 bits per heavy atom. The molecule has 4 nitrogen and oxygen atoms in total. The summed E-state index contributed by atoms with van der Waals surface area (Å²) in [5.41, 5.74) is 0.688. The van der Waals surface area contributed by atoms with Crippen molar-refractivity contribution in [3.8, 4) is 0 Å². The van der Waals surface area contributed by atoms with Crippen LogP contribution in [0.15, 0.2) is 48.5 Å². The number of methoxy groups -OCH3 is 1. The molecular formula is C18H18FNO3. The molecule has 0 aliphatic rings. The first kappa shape index (κ1) is 16.7. The monoisotopic (exact) mass is 315 g/mol. The van der Waals surface area contributed by atoms with Gasteiger partial charge in [0, 0.05) is 5.69 Å². The Bertz CT molecular complexity index is 723. The standard InChI is InChI=1S/C18H18FNO3/c1-18(2,13-7-9-14(19)10-8-13)17(22)20-15-6-4-5-12(11-15)16(21)23-3/h4-11H,1-3H3,(H,20,22). The van der Waals surface area contributed by atoms with E-state index in [0.717, 1.165) is 0 Å². The normalized spacial score (nSPS) is 11.0. The van der Waals surface area contributed by atoms with Gasteiger partial charge in [-0.2, -0.15) is 0 Å². The van der Waals surface area contributed by atoms with E-state index in [4.69, 9.17) is 0 Å². The SMILES string of the molecule is COC(=O)c1cccc(NC(=O)C(C)(C)c2ccc(F)cc2)c1. The molecule has 23 heavy (non-hydrogen) atoms. The molecule has 0 heterocycles. The second kappa shape index (κ2) is 6.60. The van der Waals surface area contributed by atoms with Gasteiger partial charge in [-0.05, 0) is 49.7 Å². The lowest BCUT2D eigenvalue weighted by molar-refractivity contribution is -0.120. The molecule has 0 saturated heterocycles. The minimum atomic E-state index is -0.852. The van der Waals surface area contributed by atoms with Crippen molar-refractivity contribution in [3.63, 3.8) is 0 Å². The van der Waals surface area contributed by atoms with Crippen molar-refractivity contribution < 1.29 is 18.7 Å². The molecule has 1 amide bonds. The number of benzene rings is 2. The summed E-state index contributed by atoms with van der Waals surface area (Å²) in [7, 11) is 1.30. The van der Waals surface area contributed by atoms with E-state index in [0.29, 0.717) is 16.8 Å². The van der Waals surface area contributed by atoms with E-state index < -0.39 is 11.4 Å². The largest absolute Gasteiger partial charge is 0.465 e. The van der Waals surface area contributed by atoms with Crippen LogP contribution in [0.5, 0.6) is 0 Å². The molecule has 0 spiro atoms. The van der Waals surface area contributed by atoms with E-state index in [1.165, 1.54) is 19.2 Å². The molecule has 2 aromatic rings. The number of halogens is 1. The molecule has 0 aromatic heterocycles. The van der Waals surface area contributed by atoms with Crippen molar-refractivity contribution in [2.24, 2.45) is 0 Å². The zero-order chi connectivity index (χ0) is 17.0. The van der Waals surface area contributed by atoms with Crippen LogP contribution in [0, 0.1) is 5.82 Å². The van der Waals surface area contributed by atoms with E-state index in [1.54, 1.807) is 50.2 Å². The number of esters is 1. The maximum absolute atomic E-state index is 13.0. The first-order valence-corrected chi connectivity index (χ1v) is 7.10. The third-order valence-corrected chi connectivity index (χ3v) is 3.68. The van der Waals surface area contributed by atoms with Crippen LogP contribution in [0.3, 0.4) is 0 Å². The number of amides is 1. The molecule has 2 rings (SSSR count). The van der Waals surface area contributed by atoms with Gasteiger partial charge in [-0.3, -0.25) is 4.79 Å².